The SMILES string of the molecule is CC(C)Cc1noc(CN2C[C@H](C)OC[C@@H]2C)n1. The molecule has 0 N–H and O–H groups in total. The lowest BCUT2D eigenvalue weighted by Crippen LogP contribution is -2.46. The van der Waals surface area contributed by atoms with Crippen LogP contribution in [0.2, 0.25) is 0 Å². The fourth-order valence-corrected chi connectivity index (χ4v) is 2.17. The molecule has 18 heavy (non-hydrogen) atoms. The van der Waals surface area contributed by atoms with Gasteiger partial charge in [0.2, 0.25) is 5.89 Å². The molecule has 1 fully saturated rings. The molecular formula is C13H23N3O2. The third-order valence-corrected chi connectivity index (χ3v) is 3.18. The predicted molar refractivity (Wildman–Crippen MR) is 68.1 cm³/mol. The summed E-state index contributed by atoms with van der Waals surface area (Å²) in [6.07, 6.45) is 1.15. The van der Waals surface area contributed by atoms with Gasteiger partial charge in [0.05, 0.1) is 19.3 Å². The molecule has 1 aliphatic heterocycles. The van der Waals surface area contributed by atoms with E-state index < -0.39 is 0 Å². The van der Waals surface area contributed by atoms with Gasteiger partial charge < -0.3 is 9.26 Å². The second kappa shape index (κ2) is 5.80. The van der Waals surface area contributed by atoms with E-state index in [2.05, 4.69) is 42.7 Å². The van der Waals surface area contributed by atoms with Crippen molar-refractivity contribution in [2.45, 2.75) is 52.8 Å². The van der Waals surface area contributed by atoms with Crippen molar-refractivity contribution in [3.05, 3.63) is 11.7 Å². The summed E-state index contributed by atoms with van der Waals surface area (Å²) in [7, 11) is 0. The molecule has 0 unspecified atom stereocenters. The van der Waals surface area contributed by atoms with Gasteiger partial charge in [0.25, 0.3) is 0 Å². The minimum atomic E-state index is 0.277. The topological polar surface area (TPSA) is 51.4 Å². The van der Waals surface area contributed by atoms with Crippen LogP contribution in [0.15, 0.2) is 4.52 Å². The van der Waals surface area contributed by atoms with Crippen LogP contribution in [0.1, 0.15) is 39.4 Å². The molecular weight excluding hydrogens is 230 g/mol. The first-order chi connectivity index (χ1) is 8.54. The molecule has 2 rings (SSSR count). The van der Waals surface area contributed by atoms with Crippen LogP contribution in [0.5, 0.6) is 0 Å². The van der Waals surface area contributed by atoms with Gasteiger partial charge >= 0.3 is 0 Å². The Morgan fingerprint density at radius 1 is 1.39 bits per heavy atom. The molecule has 1 aromatic rings. The molecule has 2 heterocycles. The van der Waals surface area contributed by atoms with Crippen molar-refractivity contribution in [2.75, 3.05) is 13.2 Å². The lowest BCUT2D eigenvalue weighted by Gasteiger charge is -2.35. The maximum absolute atomic E-state index is 5.61. The fourth-order valence-electron chi connectivity index (χ4n) is 2.17. The summed E-state index contributed by atoms with van der Waals surface area (Å²) in [4.78, 5) is 6.78. The summed E-state index contributed by atoms with van der Waals surface area (Å²) in [5.74, 6) is 2.08. The predicted octanol–water partition coefficient (Wildman–Crippen LogP) is 1.88. The summed E-state index contributed by atoms with van der Waals surface area (Å²) in [5.41, 5.74) is 0. The number of aromatic nitrogens is 2. The molecule has 0 spiro atoms. The highest BCUT2D eigenvalue weighted by Gasteiger charge is 2.25. The van der Waals surface area contributed by atoms with Crippen molar-refractivity contribution in [3.8, 4) is 0 Å². The zero-order valence-electron chi connectivity index (χ0n) is 11.7. The van der Waals surface area contributed by atoms with Crippen LogP contribution in [-0.4, -0.2) is 40.3 Å². The molecule has 0 radical (unpaired) electrons. The largest absolute Gasteiger partial charge is 0.376 e. The molecule has 5 heteroatoms. The Morgan fingerprint density at radius 3 is 2.89 bits per heavy atom. The molecule has 1 saturated heterocycles. The third-order valence-electron chi connectivity index (χ3n) is 3.18. The number of rotatable bonds is 4. The van der Waals surface area contributed by atoms with Crippen molar-refractivity contribution in [1.29, 1.82) is 0 Å². The third kappa shape index (κ3) is 3.53. The average molecular weight is 253 g/mol. The lowest BCUT2D eigenvalue weighted by molar-refractivity contribution is -0.0555. The summed E-state index contributed by atoms with van der Waals surface area (Å²) < 4.78 is 10.9. The van der Waals surface area contributed by atoms with Crippen molar-refractivity contribution in [1.82, 2.24) is 15.0 Å². The van der Waals surface area contributed by atoms with Crippen LogP contribution in [-0.2, 0) is 17.7 Å². The standard InChI is InChI=1S/C13H23N3O2/c1-9(2)5-12-14-13(18-15-12)7-16-6-11(4)17-8-10(16)3/h9-11H,5-8H2,1-4H3/t10-,11-/m0/s1. The Balaban J connectivity index is 1.93. The Morgan fingerprint density at radius 2 is 2.17 bits per heavy atom. The van der Waals surface area contributed by atoms with E-state index in [0.29, 0.717) is 17.9 Å². The normalized spacial score (nSPS) is 25.8. The molecule has 102 valence electrons. The van der Waals surface area contributed by atoms with E-state index in [9.17, 15) is 0 Å². The van der Waals surface area contributed by atoms with Crippen LogP contribution in [0.3, 0.4) is 0 Å². The molecule has 0 amide bonds. The van der Waals surface area contributed by atoms with Crippen LogP contribution < -0.4 is 0 Å². The summed E-state index contributed by atoms with van der Waals surface area (Å²) in [5, 5.41) is 4.02. The average Bonchev–Trinajstić information content (AvgIpc) is 2.70. The molecule has 0 aliphatic carbocycles. The van der Waals surface area contributed by atoms with Crippen LogP contribution in [0, 0.1) is 5.92 Å². The molecule has 1 aliphatic rings. The fraction of sp³-hybridized carbons (Fsp3) is 0.846. The smallest absolute Gasteiger partial charge is 0.240 e. The Bertz CT molecular complexity index is 378. The zero-order valence-corrected chi connectivity index (χ0v) is 11.7. The van der Waals surface area contributed by atoms with Gasteiger partial charge in [0.15, 0.2) is 5.82 Å². The van der Waals surface area contributed by atoms with Crippen molar-refractivity contribution < 1.29 is 9.26 Å². The molecule has 1 aromatic heterocycles. The minimum absolute atomic E-state index is 0.277. The van der Waals surface area contributed by atoms with E-state index in [4.69, 9.17) is 9.26 Å². The van der Waals surface area contributed by atoms with E-state index in [1.54, 1.807) is 0 Å². The van der Waals surface area contributed by atoms with Gasteiger partial charge in [-0.3, -0.25) is 4.90 Å². The van der Waals surface area contributed by atoms with E-state index in [1.807, 2.05) is 0 Å². The van der Waals surface area contributed by atoms with E-state index in [1.165, 1.54) is 0 Å². The Kier molecular flexibility index (Phi) is 4.35. The lowest BCUT2D eigenvalue weighted by atomic mass is 10.1. The second-order valence-corrected chi connectivity index (χ2v) is 5.62. The summed E-state index contributed by atoms with van der Waals surface area (Å²) >= 11 is 0. The van der Waals surface area contributed by atoms with Crippen molar-refractivity contribution >= 4 is 0 Å². The van der Waals surface area contributed by atoms with Crippen LogP contribution >= 0.6 is 0 Å². The van der Waals surface area contributed by atoms with Gasteiger partial charge in [-0.2, -0.15) is 4.98 Å². The number of nitrogens with zero attached hydrogens (tertiary/aromatic N) is 3. The maximum atomic E-state index is 5.61. The van der Waals surface area contributed by atoms with E-state index in [-0.39, 0.29) is 6.10 Å². The van der Waals surface area contributed by atoms with Crippen molar-refractivity contribution in [2.24, 2.45) is 5.92 Å². The number of morpholine rings is 1. The van der Waals surface area contributed by atoms with Gasteiger partial charge in [0, 0.05) is 19.0 Å². The molecule has 2 atom stereocenters. The Labute approximate surface area is 108 Å². The first kappa shape index (κ1) is 13.5. The second-order valence-electron chi connectivity index (χ2n) is 5.62. The molecule has 0 bridgehead atoms. The summed E-state index contributed by atoms with van der Waals surface area (Å²) in [6.45, 7) is 11.0. The highest BCUT2D eigenvalue weighted by Crippen LogP contribution is 2.15. The molecule has 0 aromatic carbocycles. The number of ether oxygens (including phenoxy) is 1. The van der Waals surface area contributed by atoms with Gasteiger partial charge in [-0.05, 0) is 19.8 Å². The minimum Gasteiger partial charge on any atom is -0.376 e. The van der Waals surface area contributed by atoms with Crippen LogP contribution in [0.4, 0.5) is 0 Å². The van der Waals surface area contributed by atoms with E-state index in [0.717, 1.165) is 31.9 Å². The van der Waals surface area contributed by atoms with Gasteiger partial charge in [-0.25, -0.2) is 0 Å². The number of hydrogen-bond donors (Lipinski definition) is 0. The van der Waals surface area contributed by atoms with Crippen LogP contribution in [0.25, 0.3) is 0 Å². The highest BCUT2D eigenvalue weighted by molar-refractivity contribution is 4.89. The first-order valence-corrected chi connectivity index (χ1v) is 6.71. The Hall–Kier alpha value is -0.940. The summed E-state index contributed by atoms with van der Waals surface area (Å²) in [6, 6.07) is 0.404. The van der Waals surface area contributed by atoms with Gasteiger partial charge in [-0.1, -0.05) is 19.0 Å². The monoisotopic (exact) mass is 253 g/mol. The van der Waals surface area contributed by atoms with Gasteiger partial charge in [0.1, 0.15) is 0 Å². The molecule has 0 saturated carbocycles. The maximum Gasteiger partial charge on any atom is 0.240 e. The first-order valence-electron chi connectivity index (χ1n) is 6.71. The zero-order chi connectivity index (χ0) is 13.1. The van der Waals surface area contributed by atoms with E-state index >= 15 is 0 Å². The highest BCUT2D eigenvalue weighted by atomic mass is 16.5. The van der Waals surface area contributed by atoms with Gasteiger partial charge in [-0.15, -0.1) is 0 Å². The quantitative estimate of drug-likeness (QED) is 0.820. The molecule has 5 nitrogen and oxygen atoms in total. The van der Waals surface area contributed by atoms with Crippen molar-refractivity contribution in [3.63, 3.8) is 0 Å². The number of hydrogen-bond acceptors (Lipinski definition) is 5.